The molecule has 0 radical (unpaired) electrons. The number of fused-ring (bicyclic) bond motifs is 1. The van der Waals surface area contributed by atoms with Crippen molar-refractivity contribution >= 4 is 39.0 Å². The third-order valence-electron chi connectivity index (χ3n) is 3.83. The summed E-state index contributed by atoms with van der Waals surface area (Å²) in [6.07, 6.45) is 2.86. The molecule has 3 rings (SSSR count). The summed E-state index contributed by atoms with van der Waals surface area (Å²) in [5.74, 6) is 0.783. The van der Waals surface area contributed by atoms with Crippen LogP contribution in [0.2, 0.25) is 5.28 Å². The van der Waals surface area contributed by atoms with E-state index in [1.165, 1.54) is 10.6 Å². The van der Waals surface area contributed by atoms with E-state index in [0.717, 1.165) is 28.0 Å². The highest BCUT2D eigenvalue weighted by Crippen LogP contribution is 2.35. The minimum absolute atomic E-state index is 0.116. The third kappa shape index (κ3) is 3.34. The van der Waals surface area contributed by atoms with Crippen LogP contribution in [-0.2, 0) is 20.0 Å². The summed E-state index contributed by atoms with van der Waals surface area (Å²) in [6.45, 7) is 4.77. The second kappa shape index (κ2) is 6.47. The van der Waals surface area contributed by atoms with Crippen LogP contribution in [0.5, 0.6) is 0 Å². The molecule has 0 saturated carbocycles. The maximum Gasteiger partial charge on any atom is 0.224 e. The van der Waals surface area contributed by atoms with Gasteiger partial charge in [0.25, 0.3) is 0 Å². The number of halogens is 1. The van der Waals surface area contributed by atoms with Crippen molar-refractivity contribution in [3.8, 4) is 0 Å². The average Bonchev–Trinajstić information content (AvgIpc) is 3.02. The Balaban J connectivity index is 1.97. The molecule has 0 aliphatic carbocycles. The summed E-state index contributed by atoms with van der Waals surface area (Å²) < 4.78 is 3.12. The molecule has 5 nitrogen and oxygen atoms in total. The van der Waals surface area contributed by atoms with E-state index < -0.39 is 0 Å². The Morgan fingerprint density at radius 2 is 2.22 bits per heavy atom. The minimum atomic E-state index is 0.116. The van der Waals surface area contributed by atoms with E-state index in [1.54, 1.807) is 11.3 Å². The number of aromatic nitrogens is 3. The molecular weight excluding hydrogens is 330 g/mol. The van der Waals surface area contributed by atoms with E-state index in [4.69, 9.17) is 17.3 Å². The largest absolute Gasteiger partial charge is 0.363 e. The molecule has 0 aliphatic heterocycles. The van der Waals surface area contributed by atoms with Crippen molar-refractivity contribution in [2.24, 2.45) is 12.8 Å². The summed E-state index contributed by atoms with van der Waals surface area (Å²) in [5, 5.41) is 3.65. The van der Waals surface area contributed by atoms with Crippen LogP contribution in [0.3, 0.4) is 0 Å². The van der Waals surface area contributed by atoms with E-state index in [1.807, 2.05) is 26.2 Å². The van der Waals surface area contributed by atoms with Crippen LogP contribution in [0.4, 0.5) is 5.82 Å². The predicted octanol–water partition coefficient (Wildman–Crippen LogP) is 3.49. The first-order chi connectivity index (χ1) is 11.0. The SMILES string of the molecule is Cc1c(C[C@H](C)N)sc2c(NCc3cccn3C)nc(Cl)nc12. The molecule has 3 heterocycles. The molecule has 0 bridgehead atoms. The van der Waals surface area contributed by atoms with Gasteiger partial charge in [-0.15, -0.1) is 11.3 Å². The number of aryl methyl sites for hydroxylation is 2. The lowest BCUT2D eigenvalue weighted by Gasteiger charge is -2.08. The molecular formula is C16H20ClN5S. The number of rotatable bonds is 5. The van der Waals surface area contributed by atoms with Crippen molar-refractivity contribution in [2.75, 3.05) is 5.32 Å². The molecule has 0 spiro atoms. The van der Waals surface area contributed by atoms with Crippen LogP contribution in [-0.4, -0.2) is 20.6 Å². The van der Waals surface area contributed by atoms with Gasteiger partial charge in [0.15, 0.2) is 0 Å². The number of nitrogens with two attached hydrogens (primary N) is 1. The topological polar surface area (TPSA) is 68.8 Å². The number of thiophene rings is 1. The maximum absolute atomic E-state index is 6.12. The van der Waals surface area contributed by atoms with E-state index in [9.17, 15) is 0 Å². The highest BCUT2D eigenvalue weighted by molar-refractivity contribution is 7.19. The Labute approximate surface area is 144 Å². The van der Waals surface area contributed by atoms with Crippen molar-refractivity contribution < 1.29 is 0 Å². The second-order valence-electron chi connectivity index (χ2n) is 5.81. The van der Waals surface area contributed by atoms with E-state index in [-0.39, 0.29) is 11.3 Å². The molecule has 3 aromatic heterocycles. The van der Waals surface area contributed by atoms with Crippen LogP contribution in [0.25, 0.3) is 10.2 Å². The highest BCUT2D eigenvalue weighted by Gasteiger charge is 2.16. The van der Waals surface area contributed by atoms with Gasteiger partial charge in [-0.2, -0.15) is 4.98 Å². The highest BCUT2D eigenvalue weighted by atomic mass is 35.5. The van der Waals surface area contributed by atoms with Crippen LogP contribution in [0, 0.1) is 6.92 Å². The molecule has 0 saturated heterocycles. The lowest BCUT2D eigenvalue weighted by Crippen LogP contribution is -2.17. The lowest BCUT2D eigenvalue weighted by atomic mass is 10.1. The Morgan fingerprint density at radius 3 is 2.87 bits per heavy atom. The van der Waals surface area contributed by atoms with Gasteiger partial charge in [-0.05, 0) is 49.6 Å². The number of hydrogen-bond donors (Lipinski definition) is 2. The van der Waals surface area contributed by atoms with Crippen LogP contribution in [0.15, 0.2) is 18.3 Å². The zero-order chi connectivity index (χ0) is 16.6. The summed E-state index contributed by atoms with van der Waals surface area (Å²) in [6, 6.07) is 4.22. The van der Waals surface area contributed by atoms with Crippen molar-refractivity contribution in [2.45, 2.75) is 32.9 Å². The van der Waals surface area contributed by atoms with Crippen molar-refractivity contribution in [3.63, 3.8) is 0 Å². The zero-order valence-electron chi connectivity index (χ0n) is 13.4. The molecule has 0 unspecified atom stereocenters. The van der Waals surface area contributed by atoms with E-state index in [0.29, 0.717) is 6.54 Å². The molecule has 23 heavy (non-hydrogen) atoms. The summed E-state index contributed by atoms with van der Waals surface area (Å²) in [7, 11) is 2.02. The Morgan fingerprint density at radius 1 is 1.43 bits per heavy atom. The fourth-order valence-corrected chi connectivity index (χ4v) is 4.09. The quantitative estimate of drug-likeness (QED) is 0.692. The first-order valence-electron chi connectivity index (χ1n) is 7.51. The normalized spacial score (nSPS) is 12.7. The fraction of sp³-hybridized carbons (Fsp3) is 0.375. The van der Waals surface area contributed by atoms with Crippen LogP contribution < -0.4 is 11.1 Å². The molecule has 3 N–H and O–H groups in total. The van der Waals surface area contributed by atoms with Gasteiger partial charge in [0.05, 0.1) is 16.8 Å². The number of anilines is 1. The van der Waals surface area contributed by atoms with E-state index >= 15 is 0 Å². The molecule has 1 atom stereocenters. The number of nitrogens with zero attached hydrogens (tertiary/aromatic N) is 3. The minimum Gasteiger partial charge on any atom is -0.363 e. The molecule has 122 valence electrons. The van der Waals surface area contributed by atoms with Crippen molar-refractivity contribution in [1.29, 1.82) is 0 Å². The van der Waals surface area contributed by atoms with Gasteiger partial charge in [0.1, 0.15) is 5.82 Å². The second-order valence-corrected chi connectivity index (χ2v) is 7.26. The summed E-state index contributed by atoms with van der Waals surface area (Å²) in [5.41, 5.74) is 9.19. The van der Waals surface area contributed by atoms with Gasteiger partial charge in [-0.25, -0.2) is 4.98 Å². The molecule has 0 aromatic carbocycles. The van der Waals surface area contributed by atoms with Crippen LogP contribution >= 0.6 is 22.9 Å². The lowest BCUT2D eigenvalue weighted by molar-refractivity contribution is 0.744. The smallest absolute Gasteiger partial charge is 0.224 e. The van der Waals surface area contributed by atoms with Crippen LogP contribution in [0.1, 0.15) is 23.1 Å². The Bertz CT molecular complexity index is 836. The molecule has 0 amide bonds. The summed E-state index contributed by atoms with van der Waals surface area (Å²) >= 11 is 7.81. The standard InChI is InChI=1S/C16H20ClN5S/c1-9(18)7-12-10(2)13-14(23-12)15(21-16(17)20-13)19-8-11-5-4-6-22(11)3/h4-6,9H,7-8,18H2,1-3H3,(H,19,20,21)/t9-/m0/s1. The molecule has 3 aromatic rings. The van der Waals surface area contributed by atoms with Gasteiger partial charge >= 0.3 is 0 Å². The monoisotopic (exact) mass is 349 g/mol. The van der Waals surface area contributed by atoms with Gasteiger partial charge in [0.2, 0.25) is 5.28 Å². The fourth-order valence-electron chi connectivity index (χ4n) is 2.57. The first kappa shape index (κ1) is 16.2. The molecule has 7 heteroatoms. The predicted molar refractivity (Wildman–Crippen MR) is 97.3 cm³/mol. The molecule has 0 aliphatic rings. The first-order valence-corrected chi connectivity index (χ1v) is 8.70. The Kier molecular flexibility index (Phi) is 4.57. The van der Waals surface area contributed by atoms with Gasteiger partial charge in [0, 0.05) is 29.9 Å². The summed E-state index contributed by atoms with van der Waals surface area (Å²) in [4.78, 5) is 10.0. The Hall–Kier alpha value is -1.63. The third-order valence-corrected chi connectivity index (χ3v) is 5.31. The molecule has 0 fully saturated rings. The van der Waals surface area contributed by atoms with E-state index in [2.05, 4.69) is 32.8 Å². The van der Waals surface area contributed by atoms with Crippen molar-refractivity contribution in [1.82, 2.24) is 14.5 Å². The number of nitrogens with one attached hydrogen (secondary N) is 1. The van der Waals surface area contributed by atoms with Gasteiger partial charge < -0.3 is 15.6 Å². The zero-order valence-corrected chi connectivity index (χ0v) is 15.0. The number of hydrogen-bond acceptors (Lipinski definition) is 5. The maximum atomic E-state index is 6.12. The van der Waals surface area contributed by atoms with Crippen molar-refractivity contribution in [3.05, 3.63) is 39.7 Å². The average molecular weight is 350 g/mol. The van der Waals surface area contributed by atoms with Gasteiger partial charge in [-0.3, -0.25) is 0 Å². The van der Waals surface area contributed by atoms with Gasteiger partial charge in [-0.1, -0.05) is 0 Å².